The Bertz CT molecular complexity index is 744. The van der Waals surface area contributed by atoms with Crippen LogP contribution in [0.3, 0.4) is 0 Å². The zero-order valence-electron chi connectivity index (χ0n) is 14.0. The summed E-state index contributed by atoms with van der Waals surface area (Å²) in [6.07, 6.45) is 2.95. The second-order valence-electron chi connectivity index (χ2n) is 6.33. The molecule has 0 bridgehead atoms. The minimum atomic E-state index is -0.583. The van der Waals surface area contributed by atoms with Crippen molar-refractivity contribution in [3.63, 3.8) is 0 Å². The van der Waals surface area contributed by atoms with Crippen LogP contribution in [0.25, 0.3) is 0 Å². The predicted molar refractivity (Wildman–Crippen MR) is 96.6 cm³/mol. The Morgan fingerprint density at radius 3 is 2.71 bits per heavy atom. The second kappa shape index (κ2) is 7.27. The molecule has 1 amide bonds. The smallest absolute Gasteiger partial charge is 0.261 e. The molecule has 0 saturated heterocycles. The molecule has 0 aromatic heterocycles. The molecule has 3 nitrogen and oxygen atoms in total. The number of amides is 1. The van der Waals surface area contributed by atoms with Gasteiger partial charge in [-0.05, 0) is 68.0 Å². The number of halogens is 1. The lowest BCUT2D eigenvalue weighted by atomic mass is 10.0. The topological polar surface area (TPSA) is 38.3 Å². The summed E-state index contributed by atoms with van der Waals surface area (Å²) in [5, 5.41) is 3.61. The first kappa shape index (κ1) is 16.8. The van der Waals surface area contributed by atoms with Crippen LogP contribution in [0.5, 0.6) is 5.75 Å². The lowest BCUT2D eigenvalue weighted by molar-refractivity contribution is -0.127. The van der Waals surface area contributed by atoms with Crippen molar-refractivity contribution in [1.82, 2.24) is 5.32 Å². The maximum absolute atomic E-state index is 12.4. The standard InChI is InChI=1S/C20H22ClNO2/c1-13(16-10-9-15-5-3-6-17(15)11-16)22-20(23)14(2)24-19-8-4-7-18(21)12-19/h4,7-14H,3,5-6H2,1-2H3,(H,22,23)/t13-,14-/m0/s1. The van der Waals surface area contributed by atoms with Crippen molar-refractivity contribution in [2.45, 2.75) is 45.3 Å². The Morgan fingerprint density at radius 2 is 1.92 bits per heavy atom. The number of rotatable bonds is 5. The van der Waals surface area contributed by atoms with Crippen LogP contribution in [-0.2, 0) is 17.6 Å². The lowest BCUT2D eigenvalue weighted by Gasteiger charge is -2.19. The molecule has 0 radical (unpaired) electrons. The van der Waals surface area contributed by atoms with E-state index < -0.39 is 6.10 Å². The summed E-state index contributed by atoms with van der Waals surface area (Å²) in [6, 6.07) is 13.5. The van der Waals surface area contributed by atoms with Crippen LogP contribution < -0.4 is 10.1 Å². The molecule has 0 heterocycles. The minimum absolute atomic E-state index is 0.0474. The predicted octanol–water partition coefficient (Wildman–Crippen LogP) is 4.47. The zero-order chi connectivity index (χ0) is 17.1. The molecule has 0 aliphatic heterocycles. The minimum Gasteiger partial charge on any atom is -0.481 e. The first-order chi connectivity index (χ1) is 11.5. The van der Waals surface area contributed by atoms with Crippen molar-refractivity contribution in [2.24, 2.45) is 0 Å². The Balaban J connectivity index is 1.61. The normalized spacial score (nSPS) is 15.5. The fourth-order valence-corrected chi connectivity index (χ4v) is 3.25. The lowest BCUT2D eigenvalue weighted by Crippen LogP contribution is -2.37. The Labute approximate surface area is 148 Å². The van der Waals surface area contributed by atoms with E-state index in [0.717, 1.165) is 12.0 Å². The van der Waals surface area contributed by atoms with Gasteiger partial charge in [0.1, 0.15) is 5.75 Å². The van der Waals surface area contributed by atoms with Crippen LogP contribution in [0, 0.1) is 0 Å². The first-order valence-corrected chi connectivity index (χ1v) is 8.75. The number of hydrogen-bond acceptors (Lipinski definition) is 2. The van der Waals surface area contributed by atoms with Gasteiger partial charge in [0.15, 0.2) is 6.10 Å². The molecular weight excluding hydrogens is 322 g/mol. The summed E-state index contributed by atoms with van der Waals surface area (Å²) in [7, 11) is 0. The summed E-state index contributed by atoms with van der Waals surface area (Å²) >= 11 is 5.94. The van der Waals surface area contributed by atoms with Gasteiger partial charge in [-0.2, -0.15) is 0 Å². The average Bonchev–Trinajstić information content (AvgIpc) is 3.02. The molecule has 24 heavy (non-hydrogen) atoms. The molecule has 0 unspecified atom stereocenters. The Kier molecular flexibility index (Phi) is 5.10. The van der Waals surface area contributed by atoms with Crippen molar-refractivity contribution in [3.8, 4) is 5.75 Å². The number of nitrogens with one attached hydrogen (secondary N) is 1. The van der Waals surface area contributed by atoms with Crippen molar-refractivity contribution in [1.29, 1.82) is 0 Å². The maximum atomic E-state index is 12.4. The fourth-order valence-electron chi connectivity index (χ4n) is 3.07. The summed E-state index contributed by atoms with van der Waals surface area (Å²) in [5.74, 6) is 0.457. The van der Waals surface area contributed by atoms with Gasteiger partial charge >= 0.3 is 0 Å². The highest BCUT2D eigenvalue weighted by Crippen LogP contribution is 2.25. The van der Waals surface area contributed by atoms with E-state index in [2.05, 4.69) is 23.5 Å². The van der Waals surface area contributed by atoms with Gasteiger partial charge in [0.25, 0.3) is 5.91 Å². The van der Waals surface area contributed by atoms with Crippen LogP contribution in [-0.4, -0.2) is 12.0 Å². The number of benzene rings is 2. The van der Waals surface area contributed by atoms with E-state index >= 15 is 0 Å². The van der Waals surface area contributed by atoms with Gasteiger partial charge in [-0.25, -0.2) is 0 Å². The fraction of sp³-hybridized carbons (Fsp3) is 0.350. The third-order valence-electron chi connectivity index (χ3n) is 4.46. The maximum Gasteiger partial charge on any atom is 0.261 e. The van der Waals surface area contributed by atoms with Crippen molar-refractivity contribution < 1.29 is 9.53 Å². The van der Waals surface area contributed by atoms with E-state index in [4.69, 9.17) is 16.3 Å². The van der Waals surface area contributed by atoms with Crippen LogP contribution >= 0.6 is 11.6 Å². The summed E-state index contributed by atoms with van der Waals surface area (Å²) < 4.78 is 5.67. The first-order valence-electron chi connectivity index (χ1n) is 8.37. The van der Waals surface area contributed by atoms with Crippen LogP contribution in [0.2, 0.25) is 5.02 Å². The Hall–Kier alpha value is -2.00. The second-order valence-corrected chi connectivity index (χ2v) is 6.77. The average molecular weight is 344 g/mol. The molecule has 1 aliphatic carbocycles. The number of carbonyl (C=O) groups excluding carboxylic acids is 1. The van der Waals surface area contributed by atoms with Gasteiger partial charge < -0.3 is 10.1 Å². The van der Waals surface area contributed by atoms with Crippen molar-refractivity contribution in [3.05, 3.63) is 64.2 Å². The number of carbonyl (C=O) groups is 1. The van der Waals surface area contributed by atoms with E-state index in [0.29, 0.717) is 10.8 Å². The highest BCUT2D eigenvalue weighted by molar-refractivity contribution is 6.30. The largest absolute Gasteiger partial charge is 0.481 e. The summed E-state index contributed by atoms with van der Waals surface area (Å²) in [6.45, 7) is 3.74. The van der Waals surface area contributed by atoms with E-state index in [1.165, 1.54) is 24.0 Å². The molecular formula is C20H22ClNO2. The molecule has 3 rings (SSSR count). The Morgan fingerprint density at radius 1 is 1.12 bits per heavy atom. The molecule has 4 heteroatoms. The zero-order valence-corrected chi connectivity index (χ0v) is 14.8. The van der Waals surface area contributed by atoms with Crippen LogP contribution in [0.1, 0.15) is 43.0 Å². The monoisotopic (exact) mass is 343 g/mol. The summed E-state index contributed by atoms with van der Waals surface area (Å²) in [5.41, 5.74) is 3.99. The van der Waals surface area contributed by atoms with E-state index in [-0.39, 0.29) is 11.9 Å². The van der Waals surface area contributed by atoms with Crippen molar-refractivity contribution in [2.75, 3.05) is 0 Å². The molecule has 0 spiro atoms. The van der Waals surface area contributed by atoms with Crippen molar-refractivity contribution >= 4 is 17.5 Å². The SMILES string of the molecule is C[C@H](Oc1cccc(Cl)c1)C(=O)N[C@@H](C)c1ccc2c(c1)CCC2. The molecule has 1 aliphatic rings. The molecule has 2 atom stereocenters. The van der Waals surface area contributed by atoms with Crippen LogP contribution in [0.4, 0.5) is 0 Å². The molecule has 0 fully saturated rings. The molecule has 2 aromatic rings. The van der Waals surface area contributed by atoms with Gasteiger partial charge in [0.05, 0.1) is 6.04 Å². The molecule has 0 saturated carbocycles. The molecule has 1 N–H and O–H groups in total. The van der Waals surface area contributed by atoms with E-state index in [1.54, 1.807) is 31.2 Å². The number of hydrogen-bond donors (Lipinski definition) is 1. The third-order valence-corrected chi connectivity index (χ3v) is 4.69. The highest BCUT2D eigenvalue weighted by atomic mass is 35.5. The molecule has 126 valence electrons. The van der Waals surface area contributed by atoms with Gasteiger partial charge in [-0.15, -0.1) is 0 Å². The molecule has 2 aromatic carbocycles. The number of fused-ring (bicyclic) bond motifs is 1. The van der Waals surface area contributed by atoms with E-state index in [9.17, 15) is 4.79 Å². The van der Waals surface area contributed by atoms with E-state index in [1.807, 2.05) is 6.92 Å². The number of ether oxygens (including phenoxy) is 1. The van der Waals surface area contributed by atoms with Gasteiger partial charge in [0.2, 0.25) is 0 Å². The summed E-state index contributed by atoms with van der Waals surface area (Å²) in [4.78, 5) is 12.4. The van der Waals surface area contributed by atoms with Gasteiger partial charge in [-0.1, -0.05) is 35.9 Å². The van der Waals surface area contributed by atoms with Gasteiger partial charge in [0, 0.05) is 5.02 Å². The quantitative estimate of drug-likeness (QED) is 0.869. The third kappa shape index (κ3) is 3.90. The van der Waals surface area contributed by atoms with Gasteiger partial charge in [-0.3, -0.25) is 4.79 Å². The van der Waals surface area contributed by atoms with Crippen LogP contribution in [0.15, 0.2) is 42.5 Å². The highest BCUT2D eigenvalue weighted by Gasteiger charge is 2.19. The number of aryl methyl sites for hydroxylation is 2.